The second kappa shape index (κ2) is 8.52. The number of amides is 1. The third kappa shape index (κ3) is 5.23. The van der Waals surface area contributed by atoms with Crippen LogP contribution in [0.25, 0.3) is 0 Å². The number of para-hydroxylation sites is 1. The van der Waals surface area contributed by atoms with Crippen LogP contribution < -0.4 is 10.6 Å². The van der Waals surface area contributed by atoms with E-state index in [4.69, 9.17) is 0 Å². The molecule has 0 radical (unpaired) electrons. The molecule has 0 bridgehead atoms. The Morgan fingerprint density at radius 2 is 1.88 bits per heavy atom. The van der Waals surface area contributed by atoms with Crippen LogP contribution >= 0.6 is 0 Å². The van der Waals surface area contributed by atoms with Crippen molar-refractivity contribution in [2.45, 2.75) is 57.5 Å². The summed E-state index contributed by atoms with van der Waals surface area (Å²) >= 11 is 0. The third-order valence-corrected chi connectivity index (χ3v) is 5.36. The van der Waals surface area contributed by atoms with Gasteiger partial charge in [-0.15, -0.1) is 0 Å². The molecule has 4 heteroatoms. The van der Waals surface area contributed by atoms with Crippen molar-refractivity contribution in [3.8, 4) is 0 Å². The molecule has 0 spiro atoms. The first kappa shape index (κ1) is 17.3. The predicted molar refractivity (Wildman–Crippen MR) is 99.0 cm³/mol. The van der Waals surface area contributed by atoms with Crippen LogP contribution in [-0.2, 0) is 11.3 Å². The van der Waals surface area contributed by atoms with Crippen LogP contribution in [-0.4, -0.2) is 37.0 Å². The Kier molecular flexibility index (Phi) is 6.13. The molecule has 0 atom stereocenters. The molecule has 2 N–H and O–H groups in total. The molecular formula is C20H31N3O. The van der Waals surface area contributed by atoms with Gasteiger partial charge in [0.15, 0.2) is 0 Å². The van der Waals surface area contributed by atoms with Gasteiger partial charge in [-0.25, -0.2) is 0 Å². The fraction of sp³-hybridized carbons (Fsp3) is 0.650. The quantitative estimate of drug-likeness (QED) is 0.768. The first-order valence-corrected chi connectivity index (χ1v) is 9.51. The van der Waals surface area contributed by atoms with Gasteiger partial charge in [-0.05, 0) is 50.3 Å². The van der Waals surface area contributed by atoms with Crippen LogP contribution in [0.1, 0.15) is 50.5 Å². The van der Waals surface area contributed by atoms with E-state index in [0.717, 1.165) is 24.7 Å². The van der Waals surface area contributed by atoms with E-state index in [1.54, 1.807) is 0 Å². The monoisotopic (exact) mass is 329 g/mol. The molecule has 0 unspecified atom stereocenters. The maximum Gasteiger partial charge on any atom is 0.239 e. The molecule has 2 fully saturated rings. The lowest BCUT2D eigenvalue weighted by molar-refractivity contribution is -0.119. The summed E-state index contributed by atoms with van der Waals surface area (Å²) in [6.45, 7) is 2.14. The highest BCUT2D eigenvalue weighted by atomic mass is 16.1. The smallest absolute Gasteiger partial charge is 0.239 e. The van der Waals surface area contributed by atoms with Crippen molar-refractivity contribution in [2.24, 2.45) is 5.92 Å². The Hall–Kier alpha value is -1.55. The molecule has 0 saturated heterocycles. The summed E-state index contributed by atoms with van der Waals surface area (Å²) in [6.07, 6.45) is 9.27. The molecule has 2 aliphatic rings. The number of benzene rings is 1. The molecular weight excluding hydrogens is 298 g/mol. The SMILES string of the molecule is CN(Cc1ccccc1NCC(=O)NCC1CC1)C1CCCCC1. The summed E-state index contributed by atoms with van der Waals surface area (Å²) in [4.78, 5) is 14.4. The highest BCUT2D eigenvalue weighted by Gasteiger charge is 2.21. The second-order valence-electron chi connectivity index (χ2n) is 7.47. The van der Waals surface area contributed by atoms with E-state index in [0.29, 0.717) is 12.6 Å². The Morgan fingerprint density at radius 1 is 1.12 bits per heavy atom. The Bertz CT molecular complexity index is 535. The number of anilines is 1. The maximum absolute atomic E-state index is 11.9. The third-order valence-electron chi connectivity index (χ3n) is 5.36. The molecule has 132 valence electrons. The maximum atomic E-state index is 11.9. The first-order valence-electron chi connectivity index (χ1n) is 9.51. The summed E-state index contributed by atoms with van der Waals surface area (Å²) in [6, 6.07) is 9.08. The lowest BCUT2D eigenvalue weighted by atomic mass is 9.94. The van der Waals surface area contributed by atoms with Gasteiger partial charge >= 0.3 is 0 Å². The van der Waals surface area contributed by atoms with Crippen molar-refractivity contribution < 1.29 is 4.79 Å². The molecule has 1 amide bonds. The topological polar surface area (TPSA) is 44.4 Å². The summed E-state index contributed by atoms with van der Waals surface area (Å²) in [5.74, 6) is 0.822. The van der Waals surface area contributed by atoms with E-state index < -0.39 is 0 Å². The van der Waals surface area contributed by atoms with E-state index in [-0.39, 0.29) is 5.91 Å². The highest BCUT2D eigenvalue weighted by Crippen LogP contribution is 2.27. The van der Waals surface area contributed by atoms with E-state index in [2.05, 4.69) is 40.8 Å². The number of hydrogen-bond donors (Lipinski definition) is 2. The first-order chi connectivity index (χ1) is 11.7. The van der Waals surface area contributed by atoms with Crippen molar-refractivity contribution in [1.29, 1.82) is 0 Å². The molecule has 2 aliphatic carbocycles. The minimum absolute atomic E-state index is 0.0948. The van der Waals surface area contributed by atoms with Crippen LogP contribution in [0.3, 0.4) is 0 Å². The van der Waals surface area contributed by atoms with Gasteiger partial charge in [0, 0.05) is 24.8 Å². The van der Waals surface area contributed by atoms with Crippen molar-refractivity contribution >= 4 is 11.6 Å². The van der Waals surface area contributed by atoms with Gasteiger partial charge in [-0.3, -0.25) is 9.69 Å². The van der Waals surface area contributed by atoms with E-state index in [1.165, 1.54) is 50.5 Å². The van der Waals surface area contributed by atoms with Crippen LogP contribution in [0.4, 0.5) is 5.69 Å². The van der Waals surface area contributed by atoms with Gasteiger partial charge in [0.2, 0.25) is 5.91 Å². The minimum Gasteiger partial charge on any atom is -0.376 e. The molecule has 0 aromatic heterocycles. The average molecular weight is 329 g/mol. The number of nitrogens with one attached hydrogen (secondary N) is 2. The van der Waals surface area contributed by atoms with E-state index in [9.17, 15) is 4.79 Å². The Labute approximate surface area is 146 Å². The molecule has 0 aliphatic heterocycles. The lowest BCUT2D eigenvalue weighted by Gasteiger charge is -2.31. The number of carbonyl (C=O) groups excluding carboxylic acids is 1. The number of hydrogen-bond acceptors (Lipinski definition) is 3. The Morgan fingerprint density at radius 3 is 2.62 bits per heavy atom. The molecule has 4 nitrogen and oxygen atoms in total. The van der Waals surface area contributed by atoms with Gasteiger partial charge in [-0.2, -0.15) is 0 Å². The molecule has 2 saturated carbocycles. The molecule has 0 heterocycles. The average Bonchev–Trinajstić information content (AvgIpc) is 3.44. The Balaban J connectivity index is 1.50. The highest BCUT2D eigenvalue weighted by molar-refractivity contribution is 5.80. The van der Waals surface area contributed by atoms with Gasteiger partial charge in [0.05, 0.1) is 6.54 Å². The number of carbonyl (C=O) groups is 1. The fourth-order valence-electron chi connectivity index (χ4n) is 3.57. The van der Waals surface area contributed by atoms with Crippen LogP contribution in [0.2, 0.25) is 0 Å². The summed E-state index contributed by atoms with van der Waals surface area (Å²) in [7, 11) is 2.23. The molecule has 1 aromatic rings. The van der Waals surface area contributed by atoms with Crippen molar-refractivity contribution in [3.63, 3.8) is 0 Å². The number of rotatable bonds is 8. The standard InChI is InChI=1S/C20H31N3O/c1-23(18-8-3-2-4-9-18)15-17-7-5-6-10-19(17)21-14-20(24)22-13-16-11-12-16/h5-7,10,16,18,21H,2-4,8-9,11-15H2,1H3,(H,22,24). The zero-order chi connectivity index (χ0) is 16.8. The van der Waals surface area contributed by atoms with Gasteiger partial charge in [-0.1, -0.05) is 37.5 Å². The zero-order valence-electron chi connectivity index (χ0n) is 14.9. The van der Waals surface area contributed by atoms with E-state index in [1.807, 2.05) is 6.07 Å². The van der Waals surface area contributed by atoms with Crippen LogP contribution in [0, 0.1) is 5.92 Å². The fourth-order valence-corrected chi connectivity index (χ4v) is 3.57. The minimum atomic E-state index is 0.0948. The van der Waals surface area contributed by atoms with E-state index >= 15 is 0 Å². The summed E-state index contributed by atoms with van der Waals surface area (Å²) in [5, 5.41) is 6.34. The summed E-state index contributed by atoms with van der Waals surface area (Å²) < 4.78 is 0. The summed E-state index contributed by atoms with van der Waals surface area (Å²) in [5.41, 5.74) is 2.36. The van der Waals surface area contributed by atoms with Gasteiger partial charge in [0.25, 0.3) is 0 Å². The van der Waals surface area contributed by atoms with Crippen LogP contribution in [0.5, 0.6) is 0 Å². The van der Waals surface area contributed by atoms with Crippen LogP contribution in [0.15, 0.2) is 24.3 Å². The largest absolute Gasteiger partial charge is 0.376 e. The molecule has 1 aromatic carbocycles. The predicted octanol–water partition coefficient (Wildman–Crippen LogP) is 3.39. The van der Waals surface area contributed by atoms with Gasteiger partial charge in [0.1, 0.15) is 0 Å². The normalized spacial score (nSPS) is 18.6. The zero-order valence-corrected chi connectivity index (χ0v) is 14.9. The van der Waals surface area contributed by atoms with Crippen molar-refractivity contribution in [1.82, 2.24) is 10.2 Å². The lowest BCUT2D eigenvalue weighted by Crippen LogP contribution is -2.33. The second-order valence-corrected chi connectivity index (χ2v) is 7.47. The molecule has 3 rings (SSSR count). The molecule has 24 heavy (non-hydrogen) atoms. The van der Waals surface area contributed by atoms with Gasteiger partial charge < -0.3 is 10.6 Å². The number of nitrogens with zero attached hydrogens (tertiary/aromatic N) is 1. The van der Waals surface area contributed by atoms with Crippen molar-refractivity contribution in [3.05, 3.63) is 29.8 Å². The van der Waals surface area contributed by atoms with Crippen molar-refractivity contribution in [2.75, 3.05) is 25.5 Å².